The molecule has 0 radical (unpaired) electrons. The van der Waals surface area contributed by atoms with E-state index in [1.165, 1.54) is 58.4 Å². The fraction of sp³-hybridized carbons (Fsp3) is 1.00. The van der Waals surface area contributed by atoms with Crippen molar-refractivity contribution in [3.05, 3.63) is 0 Å². The van der Waals surface area contributed by atoms with Crippen LogP contribution in [0.3, 0.4) is 0 Å². The molecule has 3 unspecified atom stereocenters. The van der Waals surface area contributed by atoms with E-state index in [1.54, 1.807) is 0 Å². The maximum atomic E-state index is 9.35. The van der Waals surface area contributed by atoms with Crippen molar-refractivity contribution in [3.8, 4) is 0 Å². The van der Waals surface area contributed by atoms with Crippen LogP contribution in [-0.2, 0) is 0 Å². The number of likely N-dealkylation sites (tertiary alicyclic amines) is 1. The smallest absolute Gasteiger partial charge is 0.0445 e. The van der Waals surface area contributed by atoms with E-state index in [9.17, 15) is 5.11 Å². The average Bonchev–Trinajstić information content (AvgIpc) is 2.58. The first-order valence-corrected chi connectivity index (χ1v) is 9.39. The van der Waals surface area contributed by atoms with Crippen LogP contribution in [-0.4, -0.2) is 86.0 Å². The van der Waals surface area contributed by atoms with E-state index in [0.717, 1.165) is 32.0 Å². The molecular weight excluding hydrogens is 276 g/mol. The molecule has 128 valence electrons. The van der Waals surface area contributed by atoms with Crippen LogP contribution in [0.1, 0.15) is 32.1 Å². The van der Waals surface area contributed by atoms with Gasteiger partial charge in [0.05, 0.1) is 0 Å². The molecular formula is C17H34N4O. The Hall–Kier alpha value is -0.200. The van der Waals surface area contributed by atoms with Gasteiger partial charge >= 0.3 is 0 Å². The lowest BCUT2D eigenvalue weighted by molar-refractivity contribution is 0.0460. The summed E-state index contributed by atoms with van der Waals surface area (Å²) >= 11 is 0. The third kappa shape index (κ3) is 4.20. The molecule has 3 aliphatic heterocycles. The summed E-state index contributed by atoms with van der Waals surface area (Å²) in [7, 11) is 0. The molecule has 0 aromatic carbocycles. The second-order valence-electron chi connectivity index (χ2n) is 7.26. The highest BCUT2D eigenvalue weighted by molar-refractivity contribution is 4.91. The number of nitrogens with one attached hydrogen (secondary N) is 2. The molecule has 5 heteroatoms. The minimum Gasteiger partial charge on any atom is -0.396 e. The predicted octanol–water partition coefficient (Wildman–Crippen LogP) is 0.107. The zero-order valence-electron chi connectivity index (χ0n) is 14.0. The summed E-state index contributed by atoms with van der Waals surface area (Å²) in [6.07, 6.45) is 6.23. The van der Waals surface area contributed by atoms with Gasteiger partial charge in [-0.15, -0.1) is 0 Å². The molecule has 3 fully saturated rings. The molecule has 0 aromatic heterocycles. The van der Waals surface area contributed by atoms with Gasteiger partial charge in [-0.25, -0.2) is 0 Å². The van der Waals surface area contributed by atoms with Crippen LogP contribution in [0.15, 0.2) is 0 Å². The number of nitrogens with zero attached hydrogens (tertiary/aromatic N) is 2. The Labute approximate surface area is 135 Å². The summed E-state index contributed by atoms with van der Waals surface area (Å²) in [6, 6.07) is 1.32. The van der Waals surface area contributed by atoms with E-state index in [0.29, 0.717) is 18.7 Å². The van der Waals surface area contributed by atoms with E-state index in [4.69, 9.17) is 0 Å². The summed E-state index contributed by atoms with van der Waals surface area (Å²) in [6.45, 7) is 9.82. The molecule has 3 rings (SSSR count). The summed E-state index contributed by atoms with van der Waals surface area (Å²) in [5, 5.41) is 16.4. The Morgan fingerprint density at radius 3 is 2.64 bits per heavy atom. The number of aliphatic hydroxyl groups is 1. The number of aliphatic hydroxyl groups excluding tert-OH is 1. The highest BCUT2D eigenvalue weighted by atomic mass is 16.3. The van der Waals surface area contributed by atoms with Crippen molar-refractivity contribution < 1.29 is 5.11 Å². The maximum Gasteiger partial charge on any atom is 0.0445 e. The molecule has 0 amide bonds. The van der Waals surface area contributed by atoms with Crippen molar-refractivity contribution in [1.82, 2.24) is 20.4 Å². The summed E-state index contributed by atoms with van der Waals surface area (Å²) in [4.78, 5) is 5.41. The lowest BCUT2D eigenvalue weighted by Gasteiger charge is -2.45. The third-order valence-corrected chi connectivity index (χ3v) is 5.89. The van der Waals surface area contributed by atoms with Crippen LogP contribution in [0.2, 0.25) is 0 Å². The van der Waals surface area contributed by atoms with Gasteiger partial charge in [-0.05, 0) is 44.7 Å². The molecule has 3 saturated heterocycles. The van der Waals surface area contributed by atoms with Gasteiger partial charge < -0.3 is 15.7 Å². The Balaban J connectivity index is 1.59. The minimum absolute atomic E-state index is 0.342. The molecule has 3 atom stereocenters. The topological polar surface area (TPSA) is 50.8 Å². The van der Waals surface area contributed by atoms with E-state index >= 15 is 0 Å². The van der Waals surface area contributed by atoms with E-state index in [2.05, 4.69) is 20.4 Å². The summed E-state index contributed by atoms with van der Waals surface area (Å²) in [5.74, 6) is 0.790. The lowest BCUT2D eigenvalue weighted by atomic mass is 9.88. The van der Waals surface area contributed by atoms with Crippen LogP contribution in [0.5, 0.6) is 0 Å². The van der Waals surface area contributed by atoms with Crippen LogP contribution < -0.4 is 10.6 Å². The molecule has 3 heterocycles. The number of piperazine rings is 1. The monoisotopic (exact) mass is 310 g/mol. The van der Waals surface area contributed by atoms with Crippen LogP contribution >= 0.6 is 0 Å². The van der Waals surface area contributed by atoms with Gasteiger partial charge in [-0.2, -0.15) is 0 Å². The Morgan fingerprint density at radius 1 is 0.955 bits per heavy atom. The van der Waals surface area contributed by atoms with E-state index in [1.807, 2.05) is 0 Å². The Morgan fingerprint density at radius 2 is 1.82 bits per heavy atom. The third-order valence-electron chi connectivity index (χ3n) is 5.89. The SMILES string of the molecule is OCCC1CCCCN1CC1CCNCC1N1CCNCC1. The largest absolute Gasteiger partial charge is 0.396 e. The molecule has 0 bridgehead atoms. The van der Waals surface area contributed by atoms with Crippen molar-refractivity contribution >= 4 is 0 Å². The van der Waals surface area contributed by atoms with Crippen LogP contribution in [0.25, 0.3) is 0 Å². The predicted molar refractivity (Wildman–Crippen MR) is 90.1 cm³/mol. The van der Waals surface area contributed by atoms with E-state index in [-0.39, 0.29) is 0 Å². The second kappa shape index (κ2) is 8.60. The molecule has 3 N–H and O–H groups in total. The molecule has 3 aliphatic rings. The van der Waals surface area contributed by atoms with Gasteiger partial charge in [0.25, 0.3) is 0 Å². The number of hydrogen-bond acceptors (Lipinski definition) is 5. The number of hydrogen-bond donors (Lipinski definition) is 3. The van der Waals surface area contributed by atoms with Crippen molar-refractivity contribution in [2.24, 2.45) is 5.92 Å². The fourth-order valence-electron chi connectivity index (χ4n) is 4.63. The first-order chi connectivity index (χ1) is 10.9. The van der Waals surface area contributed by atoms with E-state index < -0.39 is 0 Å². The van der Waals surface area contributed by atoms with Gasteiger partial charge in [0.1, 0.15) is 0 Å². The van der Waals surface area contributed by atoms with Gasteiger partial charge in [0.15, 0.2) is 0 Å². The molecule has 0 spiro atoms. The zero-order valence-corrected chi connectivity index (χ0v) is 14.0. The standard InChI is InChI=1S/C17H34N4O/c22-12-5-16-3-1-2-9-21(16)14-15-4-6-19-13-17(15)20-10-7-18-8-11-20/h15-19,22H,1-14H2. The van der Waals surface area contributed by atoms with Gasteiger partial charge in [-0.3, -0.25) is 9.80 Å². The number of piperidine rings is 2. The fourth-order valence-corrected chi connectivity index (χ4v) is 4.63. The van der Waals surface area contributed by atoms with Crippen molar-refractivity contribution in [2.75, 3.05) is 59.0 Å². The first-order valence-electron chi connectivity index (χ1n) is 9.39. The average molecular weight is 310 g/mol. The molecule has 0 aromatic rings. The highest BCUT2D eigenvalue weighted by Crippen LogP contribution is 2.25. The maximum absolute atomic E-state index is 9.35. The van der Waals surface area contributed by atoms with Gasteiger partial charge in [-0.1, -0.05) is 6.42 Å². The second-order valence-corrected chi connectivity index (χ2v) is 7.26. The van der Waals surface area contributed by atoms with Crippen molar-refractivity contribution in [2.45, 2.75) is 44.2 Å². The summed E-state index contributed by atoms with van der Waals surface area (Å²) < 4.78 is 0. The van der Waals surface area contributed by atoms with Crippen LogP contribution in [0.4, 0.5) is 0 Å². The van der Waals surface area contributed by atoms with Gasteiger partial charge in [0, 0.05) is 58.0 Å². The van der Waals surface area contributed by atoms with Crippen LogP contribution in [0, 0.1) is 5.92 Å². The lowest BCUT2D eigenvalue weighted by Crippen LogP contribution is -2.59. The zero-order chi connectivity index (χ0) is 15.2. The Bertz CT molecular complexity index is 320. The molecule has 0 saturated carbocycles. The normalized spacial score (nSPS) is 35.6. The minimum atomic E-state index is 0.342. The Kier molecular flexibility index (Phi) is 6.51. The molecule has 22 heavy (non-hydrogen) atoms. The highest BCUT2D eigenvalue weighted by Gasteiger charge is 2.33. The van der Waals surface area contributed by atoms with Gasteiger partial charge in [0.2, 0.25) is 0 Å². The quantitative estimate of drug-likeness (QED) is 0.673. The number of rotatable bonds is 5. The summed E-state index contributed by atoms with van der Waals surface area (Å²) in [5.41, 5.74) is 0. The first kappa shape index (κ1) is 16.7. The molecule has 5 nitrogen and oxygen atoms in total. The van der Waals surface area contributed by atoms with Crippen molar-refractivity contribution in [3.63, 3.8) is 0 Å². The van der Waals surface area contributed by atoms with Crippen molar-refractivity contribution in [1.29, 1.82) is 0 Å². The molecule has 0 aliphatic carbocycles.